The zero-order chi connectivity index (χ0) is 4.41. The smallest absolute Gasteiger partial charge is 0.142 e. The van der Waals surface area contributed by atoms with Crippen LogP contribution in [0.3, 0.4) is 0 Å². The van der Waals surface area contributed by atoms with E-state index in [4.69, 9.17) is 0 Å². The topological polar surface area (TPSA) is 36.8 Å². The second-order valence-corrected chi connectivity index (χ2v) is 1.02. The molecule has 1 rings (SSSR count). The quantitative estimate of drug-likeness (QED) is 0.454. The van der Waals surface area contributed by atoms with Crippen LogP contribution in [0.1, 0.15) is 0 Å². The Bertz CT molecular complexity index is 94.2. The van der Waals surface area contributed by atoms with E-state index >= 15 is 0 Å². The van der Waals surface area contributed by atoms with Crippen LogP contribution in [0.15, 0.2) is 22.6 Å². The molecule has 0 aromatic carbocycles. The zero-order valence-corrected chi connectivity index (χ0v) is 3.31. The highest BCUT2D eigenvalue weighted by molar-refractivity contribution is 4.88. The van der Waals surface area contributed by atoms with Gasteiger partial charge in [0.15, 0.2) is 0 Å². The maximum Gasteiger partial charge on any atom is 0.142 e. The average molecular weight is 83.1 g/mol. The second kappa shape index (κ2) is 1.08. The fourth-order valence-electron chi connectivity index (χ4n) is 0.283. The molecular formula is C3H5N3. The van der Waals surface area contributed by atoms with Crippen molar-refractivity contribution in [3.63, 3.8) is 0 Å². The van der Waals surface area contributed by atoms with Gasteiger partial charge in [-0.3, -0.25) is 0 Å². The predicted molar refractivity (Wildman–Crippen MR) is 22.0 cm³/mol. The molecule has 1 N–H and O–H groups in total. The van der Waals surface area contributed by atoms with Crippen LogP contribution in [0.5, 0.6) is 0 Å². The van der Waals surface area contributed by atoms with Gasteiger partial charge in [-0.1, -0.05) is 6.58 Å². The van der Waals surface area contributed by atoms with E-state index in [9.17, 15) is 0 Å². The Balaban J connectivity index is 2.59. The summed E-state index contributed by atoms with van der Waals surface area (Å²) in [5.74, 6) is 0.662. The first-order valence-corrected chi connectivity index (χ1v) is 1.70. The van der Waals surface area contributed by atoms with E-state index in [1.807, 2.05) is 0 Å². The summed E-state index contributed by atoms with van der Waals surface area (Å²) < 4.78 is 0. The summed E-state index contributed by atoms with van der Waals surface area (Å²) in [5.41, 5.74) is 0. The van der Waals surface area contributed by atoms with Gasteiger partial charge < -0.3 is 5.32 Å². The van der Waals surface area contributed by atoms with Gasteiger partial charge in [-0.25, -0.2) is 0 Å². The van der Waals surface area contributed by atoms with Gasteiger partial charge >= 0.3 is 0 Å². The molecule has 0 unspecified atom stereocenters. The summed E-state index contributed by atoms with van der Waals surface area (Å²) in [6.45, 7) is 4.08. The highest BCUT2D eigenvalue weighted by Gasteiger charge is 1.91. The third-order valence-electron chi connectivity index (χ3n) is 0.545. The first kappa shape index (κ1) is 3.33. The van der Waals surface area contributed by atoms with Crippen molar-refractivity contribution in [2.24, 2.45) is 10.2 Å². The van der Waals surface area contributed by atoms with Crippen molar-refractivity contribution in [2.75, 3.05) is 6.67 Å². The number of hydrogen-bond donors (Lipinski definition) is 1. The van der Waals surface area contributed by atoms with Crippen molar-refractivity contribution >= 4 is 0 Å². The first-order valence-electron chi connectivity index (χ1n) is 1.70. The summed E-state index contributed by atoms with van der Waals surface area (Å²) >= 11 is 0. The van der Waals surface area contributed by atoms with Crippen molar-refractivity contribution < 1.29 is 0 Å². The van der Waals surface area contributed by atoms with Gasteiger partial charge in [0.05, 0.1) is 0 Å². The fourth-order valence-corrected chi connectivity index (χ4v) is 0.283. The average Bonchev–Trinajstić information content (AvgIpc) is 1.86. The van der Waals surface area contributed by atoms with Crippen LogP contribution in [0, 0.1) is 0 Å². The zero-order valence-electron chi connectivity index (χ0n) is 3.31. The molecule has 1 heterocycles. The largest absolute Gasteiger partial charge is 0.348 e. The summed E-state index contributed by atoms with van der Waals surface area (Å²) in [7, 11) is 0. The Morgan fingerprint density at radius 3 is 2.83 bits per heavy atom. The van der Waals surface area contributed by atoms with Crippen molar-refractivity contribution in [3.8, 4) is 0 Å². The summed E-state index contributed by atoms with van der Waals surface area (Å²) in [6.07, 6.45) is 0. The number of hydrogen-bond acceptors (Lipinski definition) is 3. The molecular weight excluding hydrogens is 78.1 g/mol. The van der Waals surface area contributed by atoms with Gasteiger partial charge in [-0.05, 0) is 0 Å². The minimum absolute atomic E-state index is 0.596. The third-order valence-corrected chi connectivity index (χ3v) is 0.545. The maximum absolute atomic E-state index is 3.58. The molecule has 0 aromatic heterocycles. The second-order valence-electron chi connectivity index (χ2n) is 1.02. The van der Waals surface area contributed by atoms with E-state index in [-0.39, 0.29) is 0 Å². The van der Waals surface area contributed by atoms with Crippen LogP contribution in [0.25, 0.3) is 0 Å². The number of rotatable bonds is 0. The molecule has 0 atom stereocenters. The van der Waals surface area contributed by atoms with E-state index in [0.29, 0.717) is 12.5 Å². The van der Waals surface area contributed by atoms with Crippen LogP contribution < -0.4 is 5.32 Å². The lowest BCUT2D eigenvalue weighted by atomic mass is 10.8. The minimum Gasteiger partial charge on any atom is -0.348 e. The van der Waals surface area contributed by atoms with E-state index in [1.54, 1.807) is 0 Å². The number of nitrogens with one attached hydrogen (secondary N) is 1. The van der Waals surface area contributed by atoms with E-state index in [2.05, 4.69) is 22.1 Å². The number of nitrogens with zero attached hydrogens (tertiary/aromatic N) is 2. The summed E-state index contributed by atoms with van der Waals surface area (Å²) in [4.78, 5) is 0. The highest BCUT2D eigenvalue weighted by Crippen LogP contribution is 1.92. The van der Waals surface area contributed by atoms with Gasteiger partial charge in [0.1, 0.15) is 12.5 Å². The molecule has 0 aromatic rings. The van der Waals surface area contributed by atoms with Gasteiger partial charge in [0.25, 0.3) is 0 Å². The normalized spacial score (nSPS) is 18.3. The molecule has 0 fully saturated rings. The predicted octanol–water partition coefficient (Wildman–Crippen LogP) is 0.470. The maximum atomic E-state index is 3.58. The van der Waals surface area contributed by atoms with Crippen molar-refractivity contribution in [3.05, 3.63) is 12.4 Å². The molecule has 0 spiro atoms. The van der Waals surface area contributed by atoms with Crippen LogP contribution in [-0.4, -0.2) is 6.67 Å². The fraction of sp³-hybridized carbons (Fsp3) is 0.333. The molecule has 32 valence electrons. The number of azo groups is 1. The lowest BCUT2D eigenvalue weighted by Gasteiger charge is -1.81. The molecule has 3 heteroatoms. The standard InChI is InChI=1S/C3H5N3/c1-3-4-2-5-6-3/h4H,1-2H2. The van der Waals surface area contributed by atoms with Crippen LogP contribution in [0.4, 0.5) is 0 Å². The molecule has 0 aliphatic carbocycles. The molecule has 0 saturated heterocycles. The van der Waals surface area contributed by atoms with E-state index < -0.39 is 0 Å². The third kappa shape index (κ3) is 0.381. The highest BCUT2D eigenvalue weighted by atomic mass is 15.3. The van der Waals surface area contributed by atoms with E-state index in [1.165, 1.54) is 0 Å². The molecule has 1 aliphatic heterocycles. The van der Waals surface area contributed by atoms with Crippen molar-refractivity contribution in [2.45, 2.75) is 0 Å². The lowest BCUT2D eigenvalue weighted by Crippen LogP contribution is -2.02. The molecule has 3 nitrogen and oxygen atoms in total. The monoisotopic (exact) mass is 83.0 g/mol. The first-order chi connectivity index (χ1) is 2.89. The Labute approximate surface area is 35.8 Å². The van der Waals surface area contributed by atoms with E-state index in [0.717, 1.165) is 0 Å². The molecule has 6 heavy (non-hydrogen) atoms. The Morgan fingerprint density at radius 1 is 1.83 bits per heavy atom. The molecule has 0 saturated carbocycles. The molecule has 1 aliphatic rings. The Morgan fingerprint density at radius 2 is 2.67 bits per heavy atom. The van der Waals surface area contributed by atoms with Gasteiger partial charge in [0.2, 0.25) is 0 Å². The van der Waals surface area contributed by atoms with Crippen molar-refractivity contribution in [1.82, 2.24) is 5.32 Å². The summed E-state index contributed by atoms with van der Waals surface area (Å²) in [5, 5.41) is 9.93. The van der Waals surface area contributed by atoms with Gasteiger partial charge in [0, 0.05) is 0 Å². The minimum atomic E-state index is 0.596. The Kier molecular flexibility index (Phi) is 0.602. The van der Waals surface area contributed by atoms with Gasteiger partial charge in [-0.15, -0.1) is 5.11 Å². The van der Waals surface area contributed by atoms with Crippen LogP contribution >= 0.6 is 0 Å². The summed E-state index contributed by atoms with van der Waals surface area (Å²) in [6, 6.07) is 0. The van der Waals surface area contributed by atoms with Gasteiger partial charge in [-0.2, -0.15) is 5.11 Å². The molecule has 0 amide bonds. The van der Waals surface area contributed by atoms with Crippen molar-refractivity contribution in [1.29, 1.82) is 0 Å². The van der Waals surface area contributed by atoms with Crippen LogP contribution in [0.2, 0.25) is 0 Å². The Hall–Kier alpha value is -0.860. The lowest BCUT2D eigenvalue weighted by molar-refractivity contribution is 0.912. The SMILES string of the molecule is C=C1N=NCN1. The van der Waals surface area contributed by atoms with Crippen LogP contribution in [-0.2, 0) is 0 Å². The molecule has 0 radical (unpaired) electrons. The molecule has 0 bridgehead atoms.